The number of rotatable bonds is 6. The zero-order chi connectivity index (χ0) is 15.9. The molecular weight excluding hydrogens is 276 g/mol. The fraction of sp³-hybridized carbons (Fsp3) is 0.278. The first-order chi connectivity index (χ1) is 10.7. The molecule has 0 aliphatic carbocycles. The van der Waals surface area contributed by atoms with E-state index >= 15 is 0 Å². The summed E-state index contributed by atoms with van der Waals surface area (Å²) in [7, 11) is 3.20. The van der Waals surface area contributed by atoms with E-state index in [0.717, 1.165) is 11.1 Å². The van der Waals surface area contributed by atoms with Crippen LogP contribution in [0, 0.1) is 11.3 Å². The quantitative estimate of drug-likeness (QED) is 0.884. The topological polar surface area (TPSA) is 54.3 Å². The van der Waals surface area contributed by atoms with Crippen molar-refractivity contribution in [3.63, 3.8) is 0 Å². The summed E-state index contributed by atoms with van der Waals surface area (Å²) in [6.07, 6.45) is 0. The summed E-state index contributed by atoms with van der Waals surface area (Å²) < 4.78 is 10.6. The van der Waals surface area contributed by atoms with Gasteiger partial charge in [0.15, 0.2) is 0 Å². The summed E-state index contributed by atoms with van der Waals surface area (Å²) in [5.74, 6) is 1.37. The molecule has 2 aromatic rings. The molecule has 0 saturated carbocycles. The lowest BCUT2D eigenvalue weighted by Crippen LogP contribution is -2.24. The van der Waals surface area contributed by atoms with Crippen LogP contribution in [0.2, 0.25) is 0 Å². The van der Waals surface area contributed by atoms with Crippen LogP contribution in [0.25, 0.3) is 0 Å². The molecule has 0 saturated heterocycles. The number of benzene rings is 2. The molecular formula is C18H20N2O2. The maximum absolute atomic E-state index is 9.55. The highest BCUT2D eigenvalue weighted by Gasteiger charge is 2.19. The van der Waals surface area contributed by atoms with E-state index in [9.17, 15) is 5.26 Å². The largest absolute Gasteiger partial charge is 0.497 e. The highest BCUT2D eigenvalue weighted by atomic mass is 16.5. The van der Waals surface area contributed by atoms with Gasteiger partial charge in [-0.1, -0.05) is 30.3 Å². The van der Waals surface area contributed by atoms with Crippen molar-refractivity contribution in [2.45, 2.75) is 19.0 Å². The predicted octanol–water partition coefficient (Wildman–Crippen LogP) is 3.62. The molecule has 0 spiro atoms. The summed E-state index contributed by atoms with van der Waals surface area (Å²) in [6.45, 7) is 2.03. The van der Waals surface area contributed by atoms with Gasteiger partial charge in [0.1, 0.15) is 17.5 Å². The van der Waals surface area contributed by atoms with E-state index in [4.69, 9.17) is 9.47 Å². The number of hydrogen-bond acceptors (Lipinski definition) is 4. The molecule has 2 atom stereocenters. The molecule has 0 radical (unpaired) electrons. The van der Waals surface area contributed by atoms with Gasteiger partial charge in [0, 0.05) is 11.6 Å². The molecule has 0 fully saturated rings. The number of hydrogen-bond donors (Lipinski definition) is 1. The Balaban J connectivity index is 2.27. The lowest BCUT2D eigenvalue weighted by atomic mass is 10.0. The van der Waals surface area contributed by atoms with Gasteiger partial charge in [-0.15, -0.1) is 0 Å². The fourth-order valence-electron chi connectivity index (χ4n) is 2.35. The van der Waals surface area contributed by atoms with Crippen molar-refractivity contribution in [2.24, 2.45) is 0 Å². The normalized spacial score (nSPS) is 13.0. The van der Waals surface area contributed by atoms with Crippen molar-refractivity contribution in [3.05, 3.63) is 59.7 Å². The van der Waals surface area contributed by atoms with Crippen molar-refractivity contribution in [3.8, 4) is 17.6 Å². The van der Waals surface area contributed by atoms with Gasteiger partial charge in [0.2, 0.25) is 0 Å². The Morgan fingerprint density at radius 3 is 2.36 bits per heavy atom. The third-order valence-corrected chi connectivity index (χ3v) is 3.59. The maximum Gasteiger partial charge on any atom is 0.125 e. The molecule has 0 amide bonds. The smallest absolute Gasteiger partial charge is 0.125 e. The number of methoxy groups -OCH3 is 2. The van der Waals surface area contributed by atoms with E-state index in [0.29, 0.717) is 11.5 Å². The van der Waals surface area contributed by atoms with Crippen molar-refractivity contribution < 1.29 is 9.47 Å². The first-order valence-corrected chi connectivity index (χ1v) is 7.12. The van der Waals surface area contributed by atoms with Gasteiger partial charge < -0.3 is 9.47 Å². The van der Waals surface area contributed by atoms with Crippen LogP contribution in [-0.4, -0.2) is 14.2 Å². The van der Waals surface area contributed by atoms with Gasteiger partial charge in [0.05, 0.1) is 20.3 Å². The second-order valence-electron chi connectivity index (χ2n) is 4.97. The molecule has 2 unspecified atom stereocenters. The van der Waals surface area contributed by atoms with Crippen LogP contribution < -0.4 is 14.8 Å². The van der Waals surface area contributed by atoms with Crippen LogP contribution >= 0.6 is 0 Å². The molecule has 4 heteroatoms. The van der Waals surface area contributed by atoms with Gasteiger partial charge >= 0.3 is 0 Å². The second-order valence-corrected chi connectivity index (χ2v) is 4.97. The molecule has 2 rings (SSSR count). The van der Waals surface area contributed by atoms with E-state index in [1.807, 2.05) is 55.5 Å². The van der Waals surface area contributed by atoms with Crippen molar-refractivity contribution in [1.29, 1.82) is 5.26 Å². The molecule has 0 bridgehead atoms. The van der Waals surface area contributed by atoms with Crippen LogP contribution in [0.15, 0.2) is 48.5 Å². The highest BCUT2D eigenvalue weighted by molar-refractivity contribution is 5.44. The minimum absolute atomic E-state index is 0.0433. The summed E-state index contributed by atoms with van der Waals surface area (Å²) in [6, 6.07) is 17.3. The number of ether oxygens (including phenoxy) is 2. The van der Waals surface area contributed by atoms with E-state index in [1.165, 1.54) is 0 Å². The number of nitriles is 1. The summed E-state index contributed by atoms with van der Waals surface area (Å²) >= 11 is 0. The summed E-state index contributed by atoms with van der Waals surface area (Å²) in [5.41, 5.74) is 1.90. The Kier molecular flexibility index (Phi) is 5.40. The average Bonchev–Trinajstić information content (AvgIpc) is 2.59. The van der Waals surface area contributed by atoms with Crippen LogP contribution in [0.1, 0.15) is 30.1 Å². The van der Waals surface area contributed by atoms with Crippen molar-refractivity contribution in [1.82, 2.24) is 5.32 Å². The highest BCUT2D eigenvalue weighted by Crippen LogP contribution is 2.30. The van der Waals surface area contributed by atoms with E-state index < -0.39 is 6.04 Å². The van der Waals surface area contributed by atoms with Crippen LogP contribution in [0.5, 0.6) is 11.5 Å². The number of nitrogens with zero attached hydrogens (tertiary/aromatic N) is 1. The minimum atomic E-state index is -0.486. The number of nitrogens with one attached hydrogen (secondary N) is 1. The molecule has 0 heterocycles. The van der Waals surface area contributed by atoms with Crippen molar-refractivity contribution >= 4 is 0 Å². The monoisotopic (exact) mass is 296 g/mol. The molecule has 114 valence electrons. The Morgan fingerprint density at radius 2 is 1.77 bits per heavy atom. The standard InChI is InChI=1S/C18H20N2O2/c1-13(14-7-5-4-6-8-14)20-17(12-19)16-11-15(21-2)9-10-18(16)22-3/h4-11,13,17,20H,1-3H3. The lowest BCUT2D eigenvalue weighted by molar-refractivity contribution is 0.392. The van der Waals surface area contributed by atoms with Crippen molar-refractivity contribution in [2.75, 3.05) is 14.2 Å². The third kappa shape index (κ3) is 3.57. The Labute approximate surface area is 131 Å². The van der Waals surface area contributed by atoms with E-state index in [1.54, 1.807) is 14.2 Å². The second kappa shape index (κ2) is 7.48. The van der Waals surface area contributed by atoms with Crippen LogP contribution in [-0.2, 0) is 0 Å². The van der Waals surface area contributed by atoms with Gasteiger partial charge in [0.25, 0.3) is 0 Å². The predicted molar refractivity (Wildman–Crippen MR) is 85.9 cm³/mol. The van der Waals surface area contributed by atoms with Gasteiger partial charge in [-0.3, -0.25) is 5.32 Å². The molecule has 1 N–H and O–H groups in total. The Morgan fingerprint density at radius 1 is 1.05 bits per heavy atom. The van der Waals surface area contributed by atoms with Gasteiger partial charge in [-0.05, 0) is 30.7 Å². The summed E-state index contributed by atoms with van der Waals surface area (Å²) in [4.78, 5) is 0. The first-order valence-electron chi connectivity index (χ1n) is 7.12. The Hall–Kier alpha value is -2.51. The van der Waals surface area contributed by atoms with E-state index in [2.05, 4.69) is 11.4 Å². The average molecular weight is 296 g/mol. The molecule has 2 aromatic carbocycles. The van der Waals surface area contributed by atoms with Gasteiger partial charge in [-0.2, -0.15) is 5.26 Å². The zero-order valence-electron chi connectivity index (χ0n) is 13.0. The first kappa shape index (κ1) is 15.9. The molecule has 22 heavy (non-hydrogen) atoms. The fourth-order valence-corrected chi connectivity index (χ4v) is 2.35. The summed E-state index contributed by atoms with van der Waals surface area (Å²) in [5, 5.41) is 12.9. The van der Waals surface area contributed by atoms with E-state index in [-0.39, 0.29) is 6.04 Å². The molecule has 0 aliphatic heterocycles. The maximum atomic E-state index is 9.55. The Bertz CT molecular complexity index is 650. The van der Waals surface area contributed by atoms with Crippen LogP contribution in [0.3, 0.4) is 0 Å². The molecule has 0 aromatic heterocycles. The third-order valence-electron chi connectivity index (χ3n) is 3.59. The zero-order valence-corrected chi connectivity index (χ0v) is 13.0. The lowest BCUT2D eigenvalue weighted by Gasteiger charge is -2.21. The molecule has 0 aliphatic rings. The SMILES string of the molecule is COc1ccc(OC)c(C(C#N)NC(C)c2ccccc2)c1. The molecule has 4 nitrogen and oxygen atoms in total. The van der Waals surface area contributed by atoms with Crippen LogP contribution in [0.4, 0.5) is 0 Å². The minimum Gasteiger partial charge on any atom is -0.497 e. The van der Waals surface area contributed by atoms with Gasteiger partial charge in [-0.25, -0.2) is 0 Å².